The molecule has 0 saturated carbocycles. The summed E-state index contributed by atoms with van der Waals surface area (Å²) >= 11 is 4.84. The molecule has 2 N–H and O–H groups in total. The van der Waals surface area contributed by atoms with Crippen LogP contribution in [-0.4, -0.2) is 9.97 Å². The van der Waals surface area contributed by atoms with Gasteiger partial charge in [0.15, 0.2) is 0 Å². The Morgan fingerprint density at radius 3 is 2.89 bits per heavy atom. The number of benzene rings is 1. The summed E-state index contributed by atoms with van der Waals surface area (Å²) in [5, 5.41) is 0. The van der Waals surface area contributed by atoms with Gasteiger partial charge < -0.3 is 10.5 Å². The van der Waals surface area contributed by atoms with Crippen molar-refractivity contribution >= 4 is 17.2 Å². The fourth-order valence-electron chi connectivity index (χ4n) is 1.42. The molecule has 0 fully saturated rings. The lowest BCUT2D eigenvalue weighted by Crippen LogP contribution is -2.12. The number of hydrogen-bond donors (Lipinski definition) is 1. The first-order valence-electron chi connectivity index (χ1n) is 5.28. The molecule has 0 saturated heterocycles. The van der Waals surface area contributed by atoms with Crippen molar-refractivity contribution in [2.45, 2.75) is 6.61 Å². The highest BCUT2D eigenvalue weighted by Gasteiger charge is 2.01. The Balaban J connectivity index is 2.06. The van der Waals surface area contributed by atoms with Crippen LogP contribution in [0.4, 0.5) is 4.39 Å². The van der Waals surface area contributed by atoms with Gasteiger partial charge in [0.05, 0.1) is 5.69 Å². The minimum atomic E-state index is -0.328. The molecular formula is C13H11FN2OS. The number of aromatic nitrogens is 1. The topological polar surface area (TPSA) is 48.1 Å². The molecule has 0 radical (unpaired) electrons. The number of ether oxygens (including phenoxy) is 1. The van der Waals surface area contributed by atoms with Gasteiger partial charge in [0.2, 0.25) is 0 Å². The quantitative estimate of drug-likeness (QED) is 0.860. The zero-order valence-electron chi connectivity index (χ0n) is 9.47. The molecule has 2 rings (SSSR count). The first-order chi connectivity index (χ1) is 8.65. The van der Waals surface area contributed by atoms with E-state index in [1.165, 1.54) is 12.1 Å². The second-order valence-corrected chi connectivity index (χ2v) is 4.10. The number of thiocarbonyl (C=S) groups is 1. The Morgan fingerprint density at radius 1 is 1.33 bits per heavy atom. The molecule has 0 unspecified atom stereocenters. The average molecular weight is 262 g/mol. The number of nitrogens with two attached hydrogens (primary N) is 1. The van der Waals surface area contributed by atoms with E-state index in [0.717, 1.165) is 5.56 Å². The molecule has 0 spiro atoms. The molecule has 0 aliphatic heterocycles. The van der Waals surface area contributed by atoms with Gasteiger partial charge in [0.1, 0.15) is 23.2 Å². The maximum atomic E-state index is 12.9. The molecule has 2 aromatic rings. The van der Waals surface area contributed by atoms with Crippen LogP contribution >= 0.6 is 12.2 Å². The lowest BCUT2D eigenvalue weighted by molar-refractivity contribution is 0.304. The van der Waals surface area contributed by atoms with Crippen molar-refractivity contribution < 1.29 is 9.13 Å². The van der Waals surface area contributed by atoms with Crippen LogP contribution in [0.3, 0.4) is 0 Å². The molecule has 0 aliphatic rings. The van der Waals surface area contributed by atoms with Crippen LogP contribution in [0, 0.1) is 5.82 Å². The fraction of sp³-hybridized carbons (Fsp3) is 0.0769. The van der Waals surface area contributed by atoms with Crippen molar-refractivity contribution in [1.29, 1.82) is 0 Å². The summed E-state index contributed by atoms with van der Waals surface area (Å²) < 4.78 is 18.4. The normalized spacial score (nSPS) is 10.1. The van der Waals surface area contributed by atoms with Crippen LogP contribution in [0.5, 0.6) is 5.75 Å². The third-order valence-corrected chi connectivity index (χ3v) is 2.49. The first-order valence-corrected chi connectivity index (χ1v) is 5.69. The molecule has 5 heteroatoms. The van der Waals surface area contributed by atoms with Gasteiger partial charge >= 0.3 is 0 Å². The molecule has 1 heterocycles. The van der Waals surface area contributed by atoms with E-state index in [9.17, 15) is 4.39 Å². The minimum absolute atomic E-state index is 0.239. The Hall–Kier alpha value is -2.01. The number of nitrogens with zero attached hydrogens (tertiary/aromatic N) is 1. The third-order valence-electron chi connectivity index (χ3n) is 2.28. The van der Waals surface area contributed by atoms with Crippen molar-refractivity contribution in [1.82, 2.24) is 4.98 Å². The van der Waals surface area contributed by atoms with Crippen molar-refractivity contribution in [3.63, 3.8) is 0 Å². The van der Waals surface area contributed by atoms with Gasteiger partial charge in [0.25, 0.3) is 0 Å². The van der Waals surface area contributed by atoms with Gasteiger partial charge in [0, 0.05) is 12.3 Å². The van der Waals surface area contributed by atoms with Gasteiger partial charge in [-0.3, -0.25) is 4.98 Å². The van der Waals surface area contributed by atoms with E-state index in [2.05, 4.69) is 4.98 Å². The molecule has 0 amide bonds. The molecule has 0 atom stereocenters. The zero-order valence-corrected chi connectivity index (χ0v) is 10.3. The van der Waals surface area contributed by atoms with Gasteiger partial charge in [-0.05, 0) is 29.8 Å². The van der Waals surface area contributed by atoms with Crippen LogP contribution in [-0.2, 0) is 6.61 Å². The standard InChI is InChI=1S/C13H11FN2OS/c14-10-2-1-3-11(7-10)17-8-9-4-5-16-12(6-9)13(15)18/h1-7H,8H2,(H2,15,18). The van der Waals surface area contributed by atoms with Crippen LogP contribution in [0.15, 0.2) is 42.6 Å². The second-order valence-electron chi connectivity index (χ2n) is 3.66. The predicted octanol–water partition coefficient (Wildman–Crippen LogP) is 2.43. The van der Waals surface area contributed by atoms with E-state index >= 15 is 0 Å². The fourth-order valence-corrected chi connectivity index (χ4v) is 1.53. The van der Waals surface area contributed by atoms with Crippen molar-refractivity contribution in [2.75, 3.05) is 0 Å². The maximum Gasteiger partial charge on any atom is 0.126 e. The highest BCUT2D eigenvalue weighted by atomic mass is 32.1. The van der Waals surface area contributed by atoms with Crippen molar-refractivity contribution in [2.24, 2.45) is 5.73 Å². The summed E-state index contributed by atoms with van der Waals surface area (Å²) in [6.45, 7) is 0.307. The Bertz CT molecular complexity index is 574. The minimum Gasteiger partial charge on any atom is -0.489 e. The van der Waals surface area contributed by atoms with Crippen LogP contribution < -0.4 is 10.5 Å². The van der Waals surface area contributed by atoms with Crippen molar-refractivity contribution in [3.05, 3.63) is 59.7 Å². The first kappa shape index (κ1) is 12.4. The van der Waals surface area contributed by atoms with E-state index in [1.807, 2.05) is 0 Å². The number of halogens is 1. The molecule has 1 aromatic carbocycles. The van der Waals surface area contributed by atoms with E-state index in [4.69, 9.17) is 22.7 Å². The zero-order chi connectivity index (χ0) is 13.0. The largest absolute Gasteiger partial charge is 0.489 e. The van der Waals surface area contributed by atoms with E-state index in [-0.39, 0.29) is 10.8 Å². The maximum absolute atomic E-state index is 12.9. The van der Waals surface area contributed by atoms with Crippen LogP contribution in [0.1, 0.15) is 11.3 Å². The highest BCUT2D eigenvalue weighted by molar-refractivity contribution is 7.80. The van der Waals surface area contributed by atoms with Crippen LogP contribution in [0.25, 0.3) is 0 Å². The van der Waals surface area contributed by atoms with E-state index < -0.39 is 0 Å². The molecule has 92 valence electrons. The van der Waals surface area contributed by atoms with Crippen molar-refractivity contribution in [3.8, 4) is 5.75 Å². The highest BCUT2D eigenvalue weighted by Crippen LogP contribution is 2.14. The Morgan fingerprint density at radius 2 is 2.17 bits per heavy atom. The molecule has 3 nitrogen and oxygen atoms in total. The number of hydrogen-bond acceptors (Lipinski definition) is 3. The van der Waals surface area contributed by atoms with E-state index in [0.29, 0.717) is 18.1 Å². The average Bonchev–Trinajstić information content (AvgIpc) is 2.37. The summed E-state index contributed by atoms with van der Waals surface area (Å²) in [6, 6.07) is 9.53. The third kappa shape index (κ3) is 3.24. The predicted molar refractivity (Wildman–Crippen MR) is 70.9 cm³/mol. The summed E-state index contributed by atoms with van der Waals surface area (Å²) in [6.07, 6.45) is 1.61. The van der Waals surface area contributed by atoms with Crippen LogP contribution in [0.2, 0.25) is 0 Å². The monoisotopic (exact) mass is 262 g/mol. The van der Waals surface area contributed by atoms with Gasteiger partial charge in [-0.15, -0.1) is 0 Å². The molecule has 18 heavy (non-hydrogen) atoms. The Kier molecular flexibility index (Phi) is 3.84. The van der Waals surface area contributed by atoms with E-state index in [1.54, 1.807) is 30.5 Å². The lowest BCUT2D eigenvalue weighted by atomic mass is 10.2. The Labute approximate surface area is 109 Å². The number of rotatable bonds is 4. The van der Waals surface area contributed by atoms with Gasteiger partial charge in [-0.1, -0.05) is 18.3 Å². The smallest absolute Gasteiger partial charge is 0.126 e. The molecule has 0 bridgehead atoms. The second kappa shape index (κ2) is 5.55. The summed E-state index contributed by atoms with van der Waals surface area (Å²) in [5.41, 5.74) is 6.91. The SMILES string of the molecule is NC(=S)c1cc(COc2cccc(F)c2)ccn1. The lowest BCUT2D eigenvalue weighted by Gasteiger charge is -2.07. The molecule has 0 aliphatic carbocycles. The number of pyridine rings is 1. The molecular weight excluding hydrogens is 251 g/mol. The summed E-state index contributed by atoms with van der Waals surface area (Å²) in [4.78, 5) is 4.26. The van der Waals surface area contributed by atoms with Gasteiger partial charge in [-0.25, -0.2) is 4.39 Å². The summed E-state index contributed by atoms with van der Waals surface area (Å²) in [5.74, 6) is 0.148. The summed E-state index contributed by atoms with van der Waals surface area (Å²) in [7, 11) is 0. The van der Waals surface area contributed by atoms with Gasteiger partial charge in [-0.2, -0.15) is 0 Å². The molecule has 1 aromatic heterocycles.